The fourth-order valence-electron chi connectivity index (χ4n) is 3.84. The number of pyridine rings is 1. The van der Waals surface area contributed by atoms with E-state index in [-0.39, 0.29) is 11.5 Å². The summed E-state index contributed by atoms with van der Waals surface area (Å²) in [7, 11) is 0. The number of aromatic nitrogens is 1. The van der Waals surface area contributed by atoms with Gasteiger partial charge in [-0.3, -0.25) is 9.78 Å². The molecule has 0 bridgehead atoms. The molecule has 6 nitrogen and oxygen atoms in total. The molecule has 1 aliphatic rings. The highest BCUT2D eigenvalue weighted by molar-refractivity contribution is 5.89. The normalized spacial score (nSPS) is 14.3. The molecule has 1 aromatic carbocycles. The number of carbonyl (C=O) groups excluding carboxylic acids is 1. The van der Waals surface area contributed by atoms with Gasteiger partial charge in [0.15, 0.2) is 6.10 Å². The third kappa shape index (κ3) is 4.01. The highest BCUT2D eigenvalue weighted by Gasteiger charge is 2.23. The summed E-state index contributed by atoms with van der Waals surface area (Å²) in [5.74, 6) is 0.376. The number of nitrogens with zero attached hydrogens (tertiary/aromatic N) is 1. The quantitative estimate of drug-likeness (QED) is 0.673. The predicted octanol–water partition coefficient (Wildman–Crippen LogP) is 3.46. The second-order valence-electron chi connectivity index (χ2n) is 7.53. The average molecular weight is 392 g/mol. The molecule has 3 aromatic rings. The van der Waals surface area contributed by atoms with Gasteiger partial charge < -0.3 is 14.5 Å². The molecule has 0 radical (unpaired) electrons. The summed E-state index contributed by atoms with van der Waals surface area (Å²) in [4.78, 5) is 29.0. The zero-order valence-electron chi connectivity index (χ0n) is 16.7. The van der Waals surface area contributed by atoms with Gasteiger partial charge in [-0.05, 0) is 74.4 Å². The molecule has 4 rings (SSSR count). The van der Waals surface area contributed by atoms with Crippen LogP contribution < -0.4 is 15.7 Å². The molecule has 0 saturated carbocycles. The van der Waals surface area contributed by atoms with E-state index in [1.807, 2.05) is 31.2 Å². The van der Waals surface area contributed by atoms with Crippen molar-refractivity contribution in [3.8, 4) is 5.75 Å². The minimum atomic E-state index is -0.692. The SMILES string of the molecule is Cc1cc(O[C@H](C)C(=O)NCc2cccnc2)c2c3c(c(=O)oc2c1)CCCC3. The number of carbonyl (C=O) groups is 1. The Balaban J connectivity index is 1.61. The average Bonchev–Trinajstić information content (AvgIpc) is 2.72. The summed E-state index contributed by atoms with van der Waals surface area (Å²) < 4.78 is 11.7. The largest absolute Gasteiger partial charge is 0.480 e. The van der Waals surface area contributed by atoms with Crippen molar-refractivity contribution in [3.05, 3.63) is 69.3 Å². The van der Waals surface area contributed by atoms with E-state index < -0.39 is 6.10 Å². The molecule has 150 valence electrons. The lowest BCUT2D eigenvalue weighted by molar-refractivity contribution is -0.127. The summed E-state index contributed by atoms with van der Waals surface area (Å²) in [5, 5.41) is 3.69. The van der Waals surface area contributed by atoms with E-state index in [9.17, 15) is 9.59 Å². The van der Waals surface area contributed by atoms with Crippen molar-refractivity contribution in [3.63, 3.8) is 0 Å². The Morgan fingerprint density at radius 3 is 2.83 bits per heavy atom. The number of rotatable bonds is 5. The minimum Gasteiger partial charge on any atom is -0.480 e. The van der Waals surface area contributed by atoms with E-state index in [0.717, 1.165) is 53.3 Å². The lowest BCUT2D eigenvalue weighted by Gasteiger charge is -2.21. The summed E-state index contributed by atoms with van der Waals surface area (Å²) in [6.07, 6.45) is 6.27. The molecule has 2 aromatic heterocycles. The third-order valence-corrected chi connectivity index (χ3v) is 5.29. The van der Waals surface area contributed by atoms with Crippen LogP contribution in [-0.2, 0) is 24.2 Å². The Morgan fingerprint density at radius 1 is 1.28 bits per heavy atom. The van der Waals surface area contributed by atoms with Gasteiger partial charge in [0, 0.05) is 24.5 Å². The topological polar surface area (TPSA) is 81.4 Å². The number of nitrogens with one attached hydrogen (secondary N) is 1. The van der Waals surface area contributed by atoms with Gasteiger partial charge in [-0.1, -0.05) is 6.07 Å². The molecule has 1 atom stereocenters. The summed E-state index contributed by atoms with van der Waals surface area (Å²) >= 11 is 0. The first kappa shape index (κ1) is 19.2. The Labute approximate surface area is 168 Å². The molecule has 1 amide bonds. The smallest absolute Gasteiger partial charge is 0.339 e. The molecular formula is C23H24N2O4. The Bertz CT molecular complexity index is 1110. The van der Waals surface area contributed by atoms with Gasteiger partial charge in [0.25, 0.3) is 5.91 Å². The number of aryl methyl sites for hydroxylation is 2. The van der Waals surface area contributed by atoms with Crippen molar-refractivity contribution >= 4 is 16.9 Å². The second kappa shape index (κ2) is 8.07. The number of ether oxygens (including phenoxy) is 1. The van der Waals surface area contributed by atoms with Gasteiger partial charge in [-0.25, -0.2) is 4.79 Å². The minimum absolute atomic E-state index is 0.213. The van der Waals surface area contributed by atoms with Crippen LogP contribution in [0.1, 0.15) is 42.0 Å². The fraction of sp³-hybridized carbons (Fsp3) is 0.348. The molecule has 29 heavy (non-hydrogen) atoms. The van der Waals surface area contributed by atoms with Crippen LogP contribution in [-0.4, -0.2) is 17.0 Å². The van der Waals surface area contributed by atoms with Gasteiger partial charge in [-0.2, -0.15) is 0 Å². The molecule has 1 N–H and O–H groups in total. The van der Waals surface area contributed by atoms with Crippen LogP contribution in [0.25, 0.3) is 11.0 Å². The summed E-state index contributed by atoms with van der Waals surface area (Å²) in [6.45, 7) is 4.02. The lowest BCUT2D eigenvalue weighted by Crippen LogP contribution is -2.36. The highest BCUT2D eigenvalue weighted by atomic mass is 16.5. The molecule has 0 spiro atoms. The molecule has 0 aliphatic heterocycles. The number of benzene rings is 1. The maximum absolute atomic E-state index is 12.6. The van der Waals surface area contributed by atoms with E-state index in [4.69, 9.17) is 9.15 Å². The maximum Gasteiger partial charge on any atom is 0.339 e. The van der Waals surface area contributed by atoms with E-state index in [0.29, 0.717) is 17.9 Å². The van der Waals surface area contributed by atoms with E-state index >= 15 is 0 Å². The lowest BCUT2D eigenvalue weighted by atomic mass is 9.90. The van der Waals surface area contributed by atoms with E-state index in [1.54, 1.807) is 19.3 Å². The van der Waals surface area contributed by atoms with Gasteiger partial charge in [0.2, 0.25) is 0 Å². The predicted molar refractivity (Wildman–Crippen MR) is 110 cm³/mol. The van der Waals surface area contributed by atoms with Crippen molar-refractivity contribution in [1.29, 1.82) is 0 Å². The molecule has 0 fully saturated rings. The first-order valence-corrected chi connectivity index (χ1v) is 9.95. The first-order valence-electron chi connectivity index (χ1n) is 9.95. The van der Waals surface area contributed by atoms with Crippen LogP contribution in [0.15, 0.2) is 45.9 Å². The monoisotopic (exact) mass is 392 g/mol. The van der Waals surface area contributed by atoms with Crippen molar-refractivity contribution in [2.24, 2.45) is 0 Å². The van der Waals surface area contributed by atoms with Crippen molar-refractivity contribution in [1.82, 2.24) is 10.3 Å². The zero-order valence-corrected chi connectivity index (χ0v) is 16.7. The zero-order chi connectivity index (χ0) is 20.4. The van der Waals surface area contributed by atoms with Crippen LogP contribution >= 0.6 is 0 Å². The maximum atomic E-state index is 12.6. The van der Waals surface area contributed by atoms with E-state index in [2.05, 4.69) is 10.3 Å². The van der Waals surface area contributed by atoms with Crippen LogP contribution in [0, 0.1) is 6.92 Å². The Morgan fingerprint density at radius 2 is 2.07 bits per heavy atom. The van der Waals surface area contributed by atoms with Crippen LogP contribution in [0.3, 0.4) is 0 Å². The van der Waals surface area contributed by atoms with Gasteiger partial charge in [0.05, 0.1) is 5.39 Å². The summed E-state index contributed by atoms with van der Waals surface area (Å²) in [5.41, 5.74) is 3.84. The molecule has 1 aliphatic carbocycles. The van der Waals surface area contributed by atoms with Crippen molar-refractivity contribution in [2.45, 2.75) is 52.2 Å². The Hall–Kier alpha value is -3.15. The Kier molecular flexibility index (Phi) is 5.34. The molecule has 0 unspecified atom stereocenters. The second-order valence-corrected chi connectivity index (χ2v) is 7.53. The molecule has 0 saturated heterocycles. The fourth-order valence-corrected chi connectivity index (χ4v) is 3.84. The number of amides is 1. The number of hydrogen-bond donors (Lipinski definition) is 1. The molecular weight excluding hydrogens is 368 g/mol. The van der Waals surface area contributed by atoms with Gasteiger partial charge in [-0.15, -0.1) is 0 Å². The highest BCUT2D eigenvalue weighted by Crippen LogP contribution is 2.35. The summed E-state index contributed by atoms with van der Waals surface area (Å²) in [6, 6.07) is 7.49. The number of hydrogen-bond acceptors (Lipinski definition) is 5. The van der Waals surface area contributed by atoms with Gasteiger partial charge in [0.1, 0.15) is 11.3 Å². The molecule has 2 heterocycles. The third-order valence-electron chi connectivity index (χ3n) is 5.29. The van der Waals surface area contributed by atoms with Crippen LogP contribution in [0.2, 0.25) is 0 Å². The van der Waals surface area contributed by atoms with Crippen molar-refractivity contribution < 1.29 is 13.9 Å². The molecule has 6 heteroatoms. The van der Waals surface area contributed by atoms with Crippen LogP contribution in [0.5, 0.6) is 5.75 Å². The van der Waals surface area contributed by atoms with Crippen LogP contribution in [0.4, 0.5) is 0 Å². The standard InChI is InChI=1S/C23H24N2O4/c1-14-10-19(28-15(2)22(26)25-13-16-6-5-9-24-12-16)21-17-7-3-4-8-18(17)23(27)29-20(21)11-14/h5-6,9-12,15H,3-4,7-8,13H2,1-2H3,(H,25,26)/t15-/m1/s1. The van der Waals surface area contributed by atoms with E-state index in [1.165, 1.54) is 0 Å². The van der Waals surface area contributed by atoms with Gasteiger partial charge >= 0.3 is 5.63 Å². The number of fused-ring (bicyclic) bond motifs is 3. The van der Waals surface area contributed by atoms with Crippen molar-refractivity contribution in [2.75, 3.05) is 0 Å². The first-order chi connectivity index (χ1) is 14.0.